The lowest BCUT2D eigenvalue weighted by molar-refractivity contribution is -0.115. The van der Waals surface area contributed by atoms with E-state index in [0.717, 1.165) is 36.5 Å². The van der Waals surface area contributed by atoms with Gasteiger partial charge in [0, 0.05) is 22.8 Å². The van der Waals surface area contributed by atoms with Gasteiger partial charge in [0.1, 0.15) is 0 Å². The smallest absolute Gasteiger partial charge is 0.197 e. The molecule has 1 aliphatic rings. The van der Waals surface area contributed by atoms with Crippen LogP contribution in [0.5, 0.6) is 0 Å². The minimum absolute atomic E-state index is 0.0801. The van der Waals surface area contributed by atoms with Crippen LogP contribution >= 0.6 is 0 Å². The fourth-order valence-corrected chi connectivity index (χ4v) is 5.51. The van der Waals surface area contributed by atoms with Crippen molar-refractivity contribution >= 4 is 23.1 Å². The highest BCUT2D eigenvalue weighted by Gasteiger charge is 2.35. The fourth-order valence-electron chi connectivity index (χ4n) is 5.51. The topological polar surface area (TPSA) is 68.3 Å². The Morgan fingerprint density at radius 3 is 1.44 bits per heavy atom. The van der Waals surface area contributed by atoms with Crippen molar-refractivity contribution < 1.29 is 19.2 Å². The van der Waals surface area contributed by atoms with Crippen LogP contribution in [0.1, 0.15) is 145 Å². The minimum atomic E-state index is -0.565. The number of Topliss-reactive ketones (excluding diaryl/α,β-unsaturated/α-hetero) is 3. The van der Waals surface area contributed by atoms with Gasteiger partial charge in [-0.2, -0.15) is 0 Å². The molecule has 3 rings (SSSR count). The Bertz CT molecular complexity index is 1370. The van der Waals surface area contributed by atoms with Gasteiger partial charge in [0.05, 0.1) is 11.1 Å². The number of ketones is 4. The van der Waals surface area contributed by atoms with Crippen LogP contribution in [0.15, 0.2) is 71.3 Å². The Morgan fingerprint density at radius 1 is 0.581 bits per heavy atom. The average molecular weight is 583 g/mol. The molecule has 0 saturated carbocycles. The molecule has 230 valence electrons. The van der Waals surface area contributed by atoms with E-state index >= 15 is 0 Å². The number of hydrogen-bond acceptors (Lipinski definition) is 4. The van der Waals surface area contributed by atoms with E-state index in [1.54, 1.807) is 24.3 Å². The summed E-state index contributed by atoms with van der Waals surface area (Å²) in [6, 6.07) is 14.4. The molecule has 0 radical (unpaired) electrons. The Labute approximate surface area is 259 Å². The normalized spacial score (nSPS) is 14.3. The van der Waals surface area contributed by atoms with Crippen LogP contribution < -0.4 is 0 Å². The molecule has 0 N–H and O–H groups in total. The van der Waals surface area contributed by atoms with Crippen LogP contribution in [-0.4, -0.2) is 23.1 Å². The monoisotopic (exact) mass is 582 g/mol. The van der Waals surface area contributed by atoms with E-state index in [2.05, 4.69) is 48.5 Å². The summed E-state index contributed by atoms with van der Waals surface area (Å²) in [6.07, 6.45) is 11.4. The maximum atomic E-state index is 13.9. The van der Waals surface area contributed by atoms with Gasteiger partial charge in [-0.3, -0.25) is 19.2 Å². The van der Waals surface area contributed by atoms with Crippen molar-refractivity contribution in [1.82, 2.24) is 0 Å². The van der Waals surface area contributed by atoms with E-state index in [1.807, 2.05) is 24.3 Å². The highest BCUT2D eigenvalue weighted by atomic mass is 16.2. The van der Waals surface area contributed by atoms with Crippen molar-refractivity contribution in [2.75, 3.05) is 0 Å². The van der Waals surface area contributed by atoms with E-state index in [9.17, 15) is 19.2 Å². The Kier molecular flexibility index (Phi) is 11.8. The summed E-state index contributed by atoms with van der Waals surface area (Å²) in [7, 11) is 0. The number of carbonyl (C=O) groups is 4. The minimum Gasteiger partial charge on any atom is -0.289 e. The predicted octanol–water partition coefficient (Wildman–Crippen LogP) is 9.64. The van der Waals surface area contributed by atoms with Crippen LogP contribution in [-0.2, 0) is 20.4 Å². The Morgan fingerprint density at radius 2 is 1.00 bits per heavy atom. The van der Waals surface area contributed by atoms with E-state index in [1.165, 1.54) is 32.1 Å². The van der Waals surface area contributed by atoms with Crippen LogP contribution in [0, 0.1) is 0 Å². The summed E-state index contributed by atoms with van der Waals surface area (Å²) in [4.78, 5) is 54.6. The second kappa shape index (κ2) is 14.9. The van der Waals surface area contributed by atoms with Crippen LogP contribution in [0.2, 0.25) is 0 Å². The van der Waals surface area contributed by atoms with Gasteiger partial charge in [-0.15, -0.1) is 0 Å². The zero-order valence-corrected chi connectivity index (χ0v) is 27.4. The van der Waals surface area contributed by atoms with Crippen molar-refractivity contribution in [3.8, 4) is 0 Å². The van der Waals surface area contributed by atoms with E-state index < -0.39 is 23.1 Å². The third-order valence-electron chi connectivity index (χ3n) is 8.37. The Hall–Kier alpha value is -3.40. The second-order valence-electron chi connectivity index (χ2n) is 14.0. The molecule has 0 atom stereocenters. The second-order valence-corrected chi connectivity index (χ2v) is 14.0. The lowest BCUT2D eigenvalue weighted by atomic mass is 9.80. The molecular formula is C39H50O4. The first-order valence-corrected chi connectivity index (χ1v) is 16.1. The number of benzene rings is 2. The zero-order valence-electron chi connectivity index (χ0n) is 27.4. The summed E-state index contributed by atoms with van der Waals surface area (Å²) < 4.78 is 0. The Balaban J connectivity index is 1.86. The van der Waals surface area contributed by atoms with Crippen molar-refractivity contribution in [1.29, 1.82) is 0 Å². The van der Waals surface area contributed by atoms with Crippen molar-refractivity contribution in [2.24, 2.45) is 0 Å². The number of unbranched alkanes of at least 4 members (excludes halogenated alkanes) is 8. The van der Waals surface area contributed by atoms with E-state index in [0.29, 0.717) is 24.0 Å². The first-order valence-electron chi connectivity index (χ1n) is 16.1. The van der Waals surface area contributed by atoms with Gasteiger partial charge in [-0.05, 0) is 34.8 Å². The quantitative estimate of drug-likeness (QED) is 0.0962. The third kappa shape index (κ3) is 9.05. The SMILES string of the molecule is CCCCCCCCCCCC1=C(C(=O)c2ccc(C(C)(C)C)cc2)C(=O)C=C(C(=O)c2ccc(C(C)(C)C)cc2)C1=O. The number of hydrogen-bond donors (Lipinski definition) is 0. The molecular weight excluding hydrogens is 532 g/mol. The molecule has 0 spiro atoms. The van der Waals surface area contributed by atoms with Crippen molar-refractivity contribution in [3.05, 3.63) is 93.6 Å². The summed E-state index contributed by atoms with van der Waals surface area (Å²) in [5.41, 5.74) is 2.64. The predicted molar refractivity (Wildman–Crippen MR) is 176 cm³/mol. The molecule has 4 heteroatoms. The molecule has 4 nitrogen and oxygen atoms in total. The van der Waals surface area contributed by atoms with Gasteiger partial charge in [0.25, 0.3) is 0 Å². The first kappa shape index (κ1) is 34.1. The van der Waals surface area contributed by atoms with Crippen LogP contribution in [0.25, 0.3) is 0 Å². The summed E-state index contributed by atoms with van der Waals surface area (Å²) in [5, 5.41) is 0. The number of rotatable bonds is 14. The zero-order chi connectivity index (χ0) is 31.8. The summed E-state index contributed by atoms with van der Waals surface area (Å²) in [6.45, 7) is 14.8. The van der Waals surface area contributed by atoms with Crippen molar-refractivity contribution in [2.45, 2.75) is 124 Å². The molecule has 0 fully saturated rings. The first-order chi connectivity index (χ1) is 20.3. The average Bonchev–Trinajstić information content (AvgIpc) is 2.96. The lowest BCUT2D eigenvalue weighted by Crippen LogP contribution is -2.28. The van der Waals surface area contributed by atoms with Gasteiger partial charge in [0.2, 0.25) is 0 Å². The van der Waals surface area contributed by atoms with Gasteiger partial charge in [0.15, 0.2) is 23.1 Å². The fraction of sp³-hybridized carbons (Fsp3) is 0.487. The van der Waals surface area contributed by atoms with Gasteiger partial charge in [-0.1, -0.05) is 148 Å². The van der Waals surface area contributed by atoms with Crippen LogP contribution in [0.3, 0.4) is 0 Å². The maximum Gasteiger partial charge on any atom is 0.197 e. The molecule has 0 heterocycles. The molecule has 0 bridgehead atoms. The van der Waals surface area contributed by atoms with E-state index in [-0.39, 0.29) is 27.5 Å². The highest BCUT2D eigenvalue weighted by Crippen LogP contribution is 2.30. The van der Waals surface area contributed by atoms with Gasteiger partial charge >= 0.3 is 0 Å². The molecule has 0 aliphatic heterocycles. The standard InChI is InChI=1S/C39H50O4/c1-8-9-10-11-12-13-14-15-16-17-31-34(36(42)28-20-24-30(25-21-28)39(5,6)7)33(40)26-32(37(31)43)35(41)27-18-22-29(23-19-27)38(2,3)4/h18-26H,8-17H2,1-7H3. The largest absolute Gasteiger partial charge is 0.289 e. The van der Waals surface area contributed by atoms with E-state index in [4.69, 9.17) is 0 Å². The lowest BCUT2D eigenvalue weighted by Gasteiger charge is -2.21. The molecule has 1 aliphatic carbocycles. The molecule has 2 aromatic carbocycles. The summed E-state index contributed by atoms with van der Waals surface area (Å²) >= 11 is 0. The maximum absolute atomic E-state index is 13.9. The van der Waals surface area contributed by atoms with Gasteiger partial charge in [-0.25, -0.2) is 0 Å². The molecule has 2 aromatic rings. The van der Waals surface area contributed by atoms with Crippen molar-refractivity contribution in [3.63, 3.8) is 0 Å². The molecule has 0 amide bonds. The number of carbonyl (C=O) groups excluding carboxylic acids is 4. The molecule has 0 aromatic heterocycles. The molecule has 0 unspecified atom stereocenters. The molecule has 0 saturated heterocycles. The summed E-state index contributed by atoms with van der Waals surface area (Å²) in [5.74, 6) is -2.00. The van der Waals surface area contributed by atoms with Crippen LogP contribution in [0.4, 0.5) is 0 Å². The third-order valence-corrected chi connectivity index (χ3v) is 8.37. The number of allylic oxidation sites excluding steroid dienone is 4. The van der Waals surface area contributed by atoms with Gasteiger partial charge < -0.3 is 0 Å². The highest BCUT2D eigenvalue weighted by molar-refractivity contribution is 6.43. The molecule has 43 heavy (non-hydrogen) atoms.